The molecular formula is C21H24ClN3O4. The number of hydrogen-bond acceptors (Lipinski definition) is 5. The number of halogens is 1. The third-order valence-corrected chi connectivity index (χ3v) is 4.95. The number of carbonyl (C=O) groups excluding carboxylic acids is 2. The molecule has 0 bridgehead atoms. The fraction of sp³-hybridized carbons (Fsp3) is 0.333. The number of aliphatic hydroxyl groups excluding tert-OH is 1. The van der Waals surface area contributed by atoms with Crippen molar-refractivity contribution < 1.29 is 19.4 Å². The second-order valence-electron chi connectivity index (χ2n) is 6.81. The molecule has 2 aromatic carbocycles. The maximum atomic E-state index is 12.2. The summed E-state index contributed by atoms with van der Waals surface area (Å²) >= 11 is 6.07. The van der Waals surface area contributed by atoms with E-state index in [1.165, 1.54) is 0 Å². The minimum Gasteiger partial charge on any atom is -0.383 e. The number of nitrogens with zero attached hydrogens (tertiary/aromatic N) is 1. The molecule has 2 amide bonds. The fourth-order valence-electron chi connectivity index (χ4n) is 2.99. The summed E-state index contributed by atoms with van der Waals surface area (Å²) < 4.78 is 5.27. The summed E-state index contributed by atoms with van der Waals surface area (Å²) in [6.07, 6.45) is -1.09. The first-order chi connectivity index (χ1) is 14.0. The zero-order chi connectivity index (χ0) is 20.6. The molecule has 8 heteroatoms. The second kappa shape index (κ2) is 10.4. The smallest absolute Gasteiger partial charge is 0.253 e. The van der Waals surface area contributed by atoms with Crippen LogP contribution in [0.1, 0.15) is 5.56 Å². The van der Waals surface area contributed by atoms with Gasteiger partial charge in [-0.15, -0.1) is 0 Å². The van der Waals surface area contributed by atoms with Crippen LogP contribution < -0.4 is 10.6 Å². The van der Waals surface area contributed by atoms with Crippen molar-refractivity contribution in [1.29, 1.82) is 0 Å². The number of morpholine rings is 1. The predicted molar refractivity (Wildman–Crippen MR) is 112 cm³/mol. The van der Waals surface area contributed by atoms with Crippen molar-refractivity contribution in [2.75, 3.05) is 43.5 Å². The van der Waals surface area contributed by atoms with Gasteiger partial charge in [0.25, 0.3) is 5.91 Å². The molecule has 0 spiro atoms. The summed E-state index contributed by atoms with van der Waals surface area (Å²) in [6.45, 7) is 3.09. The SMILES string of the molecule is O=C(CN1CCOCC1)Nc1ccc(NC(=O)[C@@H](O)Cc2ccccc2Cl)cc1. The molecule has 1 saturated heterocycles. The molecule has 0 radical (unpaired) electrons. The molecule has 1 fully saturated rings. The van der Waals surface area contributed by atoms with Crippen LogP contribution in [0.25, 0.3) is 0 Å². The first-order valence-corrected chi connectivity index (χ1v) is 9.81. The minimum atomic E-state index is -1.22. The lowest BCUT2D eigenvalue weighted by atomic mass is 10.1. The number of aliphatic hydroxyl groups is 1. The molecule has 1 heterocycles. The minimum absolute atomic E-state index is 0.0983. The average molecular weight is 418 g/mol. The monoisotopic (exact) mass is 417 g/mol. The lowest BCUT2D eigenvalue weighted by Gasteiger charge is -2.25. The zero-order valence-corrected chi connectivity index (χ0v) is 16.7. The van der Waals surface area contributed by atoms with Gasteiger partial charge in [0.05, 0.1) is 19.8 Å². The Bertz CT molecular complexity index is 838. The second-order valence-corrected chi connectivity index (χ2v) is 7.22. The predicted octanol–water partition coefficient (Wildman–Crippen LogP) is 2.15. The van der Waals surface area contributed by atoms with Gasteiger partial charge in [0.1, 0.15) is 6.10 Å². The highest BCUT2D eigenvalue weighted by Gasteiger charge is 2.17. The van der Waals surface area contributed by atoms with Crippen molar-refractivity contribution in [3.63, 3.8) is 0 Å². The number of amides is 2. The number of benzene rings is 2. The standard InChI is InChI=1S/C21H24ClN3O4/c22-18-4-2-1-3-15(18)13-19(26)21(28)24-17-7-5-16(6-8-17)23-20(27)14-25-9-11-29-12-10-25/h1-8,19,26H,9-14H2,(H,23,27)(H,24,28)/t19-/m0/s1. The highest BCUT2D eigenvalue weighted by atomic mass is 35.5. The van der Waals surface area contributed by atoms with Crippen LogP contribution in [0.4, 0.5) is 11.4 Å². The van der Waals surface area contributed by atoms with E-state index in [1.807, 2.05) is 4.90 Å². The van der Waals surface area contributed by atoms with Gasteiger partial charge >= 0.3 is 0 Å². The largest absolute Gasteiger partial charge is 0.383 e. The number of hydrogen-bond donors (Lipinski definition) is 3. The Balaban J connectivity index is 1.48. The lowest BCUT2D eigenvalue weighted by Crippen LogP contribution is -2.41. The van der Waals surface area contributed by atoms with Gasteiger partial charge in [0.15, 0.2) is 0 Å². The Morgan fingerprint density at radius 3 is 2.31 bits per heavy atom. The van der Waals surface area contributed by atoms with Crippen LogP contribution in [-0.2, 0) is 20.7 Å². The molecule has 0 saturated carbocycles. The molecule has 1 atom stereocenters. The Morgan fingerprint density at radius 1 is 1.03 bits per heavy atom. The molecule has 3 rings (SSSR count). The van der Waals surface area contributed by atoms with Crippen molar-refractivity contribution in [3.05, 3.63) is 59.1 Å². The third kappa shape index (κ3) is 6.54. The van der Waals surface area contributed by atoms with Crippen LogP contribution in [0.5, 0.6) is 0 Å². The Hall–Kier alpha value is -2.45. The van der Waals surface area contributed by atoms with Crippen molar-refractivity contribution in [2.45, 2.75) is 12.5 Å². The topological polar surface area (TPSA) is 90.9 Å². The van der Waals surface area contributed by atoms with E-state index >= 15 is 0 Å². The maximum absolute atomic E-state index is 12.2. The van der Waals surface area contributed by atoms with Gasteiger partial charge in [0.2, 0.25) is 5.91 Å². The van der Waals surface area contributed by atoms with E-state index in [4.69, 9.17) is 16.3 Å². The van der Waals surface area contributed by atoms with E-state index in [2.05, 4.69) is 10.6 Å². The lowest BCUT2D eigenvalue weighted by molar-refractivity contribution is -0.124. The molecule has 0 aliphatic carbocycles. The quantitative estimate of drug-likeness (QED) is 0.642. The summed E-state index contributed by atoms with van der Waals surface area (Å²) in [6, 6.07) is 13.8. The highest BCUT2D eigenvalue weighted by Crippen LogP contribution is 2.18. The summed E-state index contributed by atoms with van der Waals surface area (Å²) in [5.41, 5.74) is 1.87. The molecule has 2 aromatic rings. The van der Waals surface area contributed by atoms with Crippen LogP contribution in [0.15, 0.2) is 48.5 Å². The number of rotatable bonds is 7. The maximum Gasteiger partial charge on any atom is 0.253 e. The zero-order valence-electron chi connectivity index (χ0n) is 15.9. The molecular weight excluding hydrogens is 394 g/mol. The molecule has 1 aliphatic heterocycles. The van der Waals surface area contributed by atoms with Crippen molar-refractivity contribution in [2.24, 2.45) is 0 Å². The van der Waals surface area contributed by atoms with Crippen LogP contribution in [-0.4, -0.2) is 60.8 Å². The summed E-state index contributed by atoms with van der Waals surface area (Å²) in [5, 5.41) is 16.1. The molecule has 1 aliphatic rings. The first kappa shape index (κ1) is 21.3. The van der Waals surface area contributed by atoms with Gasteiger partial charge in [-0.3, -0.25) is 14.5 Å². The highest BCUT2D eigenvalue weighted by molar-refractivity contribution is 6.31. The fourth-order valence-corrected chi connectivity index (χ4v) is 3.20. The number of carbonyl (C=O) groups is 2. The Kier molecular flexibility index (Phi) is 7.60. The van der Waals surface area contributed by atoms with Crippen LogP contribution in [0, 0.1) is 0 Å². The van der Waals surface area contributed by atoms with Gasteiger partial charge < -0.3 is 20.5 Å². The van der Waals surface area contributed by atoms with Gasteiger partial charge in [-0.1, -0.05) is 29.8 Å². The van der Waals surface area contributed by atoms with Gasteiger partial charge in [-0.25, -0.2) is 0 Å². The third-order valence-electron chi connectivity index (χ3n) is 4.58. The Labute approximate surface area is 174 Å². The van der Waals surface area contributed by atoms with Crippen molar-refractivity contribution in [3.8, 4) is 0 Å². The number of nitrogens with one attached hydrogen (secondary N) is 2. The molecule has 7 nitrogen and oxygen atoms in total. The van der Waals surface area contributed by atoms with Crippen molar-refractivity contribution >= 4 is 34.8 Å². The van der Waals surface area contributed by atoms with E-state index in [0.717, 1.165) is 13.1 Å². The van der Waals surface area contributed by atoms with E-state index < -0.39 is 12.0 Å². The Morgan fingerprint density at radius 2 is 1.66 bits per heavy atom. The van der Waals surface area contributed by atoms with Gasteiger partial charge in [-0.2, -0.15) is 0 Å². The molecule has 29 heavy (non-hydrogen) atoms. The van der Waals surface area contributed by atoms with Crippen LogP contribution in [0.2, 0.25) is 5.02 Å². The molecule has 0 unspecified atom stereocenters. The first-order valence-electron chi connectivity index (χ1n) is 9.43. The summed E-state index contributed by atoms with van der Waals surface area (Å²) in [7, 11) is 0. The van der Waals surface area contributed by atoms with Gasteiger partial charge in [0, 0.05) is 35.9 Å². The summed E-state index contributed by atoms with van der Waals surface area (Å²) in [5.74, 6) is -0.618. The van der Waals surface area contributed by atoms with E-state index in [1.54, 1.807) is 48.5 Å². The molecule has 3 N–H and O–H groups in total. The molecule has 0 aromatic heterocycles. The molecule has 154 valence electrons. The van der Waals surface area contributed by atoms with Crippen LogP contribution in [0.3, 0.4) is 0 Å². The van der Waals surface area contributed by atoms with E-state index in [9.17, 15) is 14.7 Å². The summed E-state index contributed by atoms with van der Waals surface area (Å²) in [4.78, 5) is 26.4. The van der Waals surface area contributed by atoms with Gasteiger partial charge in [-0.05, 0) is 35.9 Å². The number of ether oxygens (including phenoxy) is 1. The normalized spacial score (nSPS) is 15.5. The van der Waals surface area contributed by atoms with E-state index in [0.29, 0.717) is 41.7 Å². The number of anilines is 2. The van der Waals surface area contributed by atoms with E-state index in [-0.39, 0.29) is 12.3 Å². The van der Waals surface area contributed by atoms with Crippen LogP contribution >= 0.6 is 11.6 Å². The average Bonchev–Trinajstić information content (AvgIpc) is 2.72. The van der Waals surface area contributed by atoms with Crippen molar-refractivity contribution in [1.82, 2.24) is 4.90 Å².